The lowest BCUT2D eigenvalue weighted by molar-refractivity contribution is -0.378. The molecule has 0 radical (unpaired) electrons. The van der Waals surface area contributed by atoms with Gasteiger partial charge in [-0.05, 0) is 40.3 Å². The standard InChI is InChI=1S/C29H31N3O5S/c1-29(2,3)22-12-8-20(9-13-22)25-24(27(34)28(35)32(25)18-19-7-6-16-30-17-19)26(33)21-10-14-23(15-11-21)38(36,37)31(4)5/h6-17,25,33H,18H2,1-5H3. The fourth-order valence-electron chi connectivity index (χ4n) is 4.42. The average Bonchev–Trinajstić information content (AvgIpc) is 3.13. The molecule has 4 rings (SSSR count). The molecule has 2 aromatic carbocycles. The van der Waals surface area contributed by atoms with Gasteiger partial charge in [0.25, 0.3) is 5.91 Å². The number of amides is 1. The number of ketones is 1. The third kappa shape index (κ3) is 5.12. The molecule has 0 saturated carbocycles. The van der Waals surface area contributed by atoms with Crippen LogP contribution >= 0.6 is 0 Å². The van der Waals surface area contributed by atoms with E-state index in [4.69, 9.17) is 0 Å². The first-order chi connectivity index (χ1) is 17.8. The minimum Gasteiger partial charge on any atom is -0.872 e. The van der Waals surface area contributed by atoms with Crippen molar-refractivity contribution in [3.8, 4) is 0 Å². The number of H-pyrrole nitrogens is 1. The molecule has 1 aliphatic heterocycles. The van der Waals surface area contributed by atoms with Crippen molar-refractivity contribution in [2.45, 2.75) is 43.7 Å². The summed E-state index contributed by atoms with van der Waals surface area (Å²) in [6.45, 7) is 6.39. The third-order valence-electron chi connectivity index (χ3n) is 6.64. The van der Waals surface area contributed by atoms with E-state index in [-0.39, 0.29) is 28.0 Å². The van der Waals surface area contributed by atoms with Crippen LogP contribution in [0, 0.1) is 0 Å². The van der Waals surface area contributed by atoms with Crippen molar-refractivity contribution in [2.24, 2.45) is 0 Å². The topological polar surface area (TPSA) is 112 Å². The molecule has 1 amide bonds. The van der Waals surface area contributed by atoms with Crippen molar-refractivity contribution >= 4 is 27.5 Å². The Hall–Kier alpha value is -3.82. The predicted octanol–water partition coefficient (Wildman–Crippen LogP) is 2.47. The maximum atomic E-state index is 13.7. The van der Waals surface area contributed by atoms with Crippen molar-refractivity contribution in [1.82, 2.24) is 9.21 Å². The van der Waals surface area contributed by atoms with E-state index in [1.807, 2.05) is 30.3 Å². The highest BCUT2D eigenvalue weighted by atomic mass is 32.2. The lowest BCUT2D eigenvalue weighted by atomic mass is 9.85. The number of hydrogen-bond donors (Lipinski definition) is 0. The number of nitrogens with one attached hydrogen (secondary N) is 1. The number of carbonyl (C=O) groups excluding carboxylic acids is 2. The second kappa shape index (κ2) is 10.2. The van der Waals surface area contributed by atoms with E-state index in [9.17, 15) is 23.1 Å². The number of aromatic nitrogens is 1. The maximum Gasteiger partial charge on any atom is 0.295 e. The summed E-state index contributed by atoms with van der Waals surface area (Å²) < 4.78 is 26.0. The third-order valence-corrected chi connectivity index (χ3v) is 8.47. The highest BCUT2D eigenvalue weighted by Crippen LogP contribution is 2.40. The van der Waals surface area contributed by atoms with Crippen LogP contribution in [0.3, 0.4) is 0 Å². The Balaban J connectivity index is 1.83. The number of sulfonamides is 1. The summed E-state index contributed by atoms with van der Waals surface area (Å²) in [6.07, 6.45) is 3.48. The SMILES string of the molecule is CN(C)S(=O)(=O)c1ccc(C([O-])=C2C(=O)C(=O)N(Cc3ccc[nH+]c3)C2c2ccc(C(C)(C)C)cc2)cc1. The second-order valence-corrected chi connectivity index (χ2v) is 12.7. The Morgan fingerprint density at radius 1 is 1.00 bits per heavy atom. The number of hydrogen-bond acceptors (Lipinski definition) is 5. The quantitative estimate of drug-likeness (QED) is 0.275. The molecule has 8 nitrogen and oxygen atoms in total. The molecule has 2 heterocycles. The maximum absolute atomic E-state index is 13.7. The van der Waals surface area contributed by atoms with E-state index in [1.54, 1.807) is 18.5 Å². The Labute approximate surface area is 223 Å². The summed E-state index contributed by atoms with van der Waals surface area (Å²) in [5.41, 5.74) is 2.37. The zero-order valence-corrected chi connectivity index (χ0v) is 22.9. The highest BCUT2D eigenvalue weighted by molar-refractivity contribution is 7.89. The molecule has 1 atom stereocenters. The Kier molecular flexibility index (Phi) is 7.27. The van der Waals surface area contributed by atoms with Gasteiger partial charge < -0.3 is 10.0 Å². The monoisotopic (exact) mass is 533 g/mol. The first-order valence-corrected chi connectivity index (χ1v) is 13.6. The van der Waals surface area contributed by atoms with Gasteiger partial charge in [-0.15, -0.1) is 0 Å². The molecule has 1 unspecified atom stereocenters. The molecule has 1 saturated heterocycles. The fraction of sp³-hybridized carbons (Fsp3) is 0.276. The van der Waals surface area contributed by atoms with Gasteiger partial charge in [0.2, 0.25) is 15.8 Å². The van der Waals surface area contributed by atoms with Crippen LogP contribution in [0.4, 0.5) is 0 Å². The molecule has 0 bridgehead atoms. The van der Waals surface area contributed by atoms with E-state index in [1.165, 1.54) is 43.3 Å². The summed E-state index contributed by atoms with van der Waals surface area (Å²) >= 11 is 0. The van der Waals surface area contributed by atoms with E-state index >= 15 is 0 Å². The van der Waals surface area contributed by atoms with Crippen molar-refractivity contribution < 1.29 is 28.1 Å². The van der Waals surface area contributed by atoms with Gasteiger partial charge in [-0.3, -0.25) is 9.59 Å². The molecule has 38 heavy (non-hydrogen) atoms. The van der Waals surface area contributed by atoms with E-state index in [0.717, 1.165) is 15.4 Å². The van der Waals surface area contributed by atoms with Crippen LogP contribution in [0.2, 0.25) is 0 Å². The largest absolute Gasteiger partial charge is 0.872 e. The van der Waals surface area contributed by atoms with Crippen LogP contribution in [-0.4, -0.2) is 43.4 Å². The van der Waals surface area contributed by atoms with Gasteiger partial charge in [0.05, 0.1) is 17.5 Å². The smallest absolute Gasteiger partial charge is 0.295 e. The molecule has 1 N–H and O–H groups in total. The molecule has 3 aromatic rings. The number of aromatic amines is 1. The minimum atomic E-state index is -3.69. The van der Waals surface area contributed by atoms with Gasteiger partial charge in [0, 0.05) is 31.3 Å². The lowest BCUT2D eigenvalue weighted by Crippen LogP contribution is -2.29. The van der Waals surface area contributed by atoms with Crippen LogP contribution in [0.25, 0.3) is 5.76 Å². The summed E-state index contributed by atoms with van der Waals surface area (Å²) in [7, 11) is -0.852. The Morgan fingerprint density at radius 3 is 2.16 bits per heavy atom. The van der Waals surface area contributed by atoms with Crippen LogP contribution < -0.4 is 10.1 Å². The van der Waals surface area contributed by atoms with Crippen molar-refractivity contribution in [3.05, 3.63) is 101 Å². The first-order valence-electron chi connectivity index (χ1n) is 12.2. The first kappa shape index (κ1) is 27.2. The molecule has 0 spiro atoms. The van der Waals surface area contributed by atoms with E-state index in [2.05, 4.69) is 25.8 Å². The molecule has 0 aliphatic carbocycles. The number of rotatable bonds is 6. The molecule has 198 valence electrons. The van der Waals surface area contributed by atoms with E-state index < -0.39 is 33.5 Å². The van der Waals surface area contributed by atoms with Gasteiger partial charge in [-0.2, -0.15) is 0 Å². The second-order valence-electron chi connectivity index (χ2n) is 10.5. The van der Waals surface area contributed by atoms with Crippen molar-refractivity contribution in [2.75, 3.05) is 14.1 Å². The lowest BCUT2D eigenvalue weighted by Gasteiger charge is -2.28. The summed E-state index contributed by atoms with van der Waals surface area (Å²) in [6, 6.07) is 15.7. The summed E-state index contributed by atoms with van der Waals surface area (Å²) in [5.74, 6) is -2.22. The number of likely N-dealkylation sites (tertiary alicyclic amines) is 1. The number of Topliss-reactive ketones (excluding diaryl/α,β-unsaturated/α-hetero) is 1. The van der Waals surface area contributed by atoms with Gasteiger partial charge in [0.15, 0.2) is 12.4 Å². The minimum absolute atomic E-state index is 0.0224. The van der Waals surface area contributed by atoms with Crippen LogP contribution in [0.5, 0.6) is 0 Å². The number of nitrogens with zero attached hydrogens (tertiary/aromatic N) is 2. The van der Waals surface area contributed by atoms with Crippen molar-refractivity contribution in [3.63, 3.8) is 0 Å². The van der Waals surface area contributed by atoms with E-state index in [0.29, 0.717) is 5.56 Å². The van der Waals surface area contributed by atoms with Crippen LogP contribution in [0.15, 0.2) is 83.5 Å². The molecule has 1 aliphatic rings. The molecular formula is C29H31N3O5S. The Morgan fingerprint density at radius 2 is 1.63 bits per heavy atom. The number of pyridine rings is 1. The zero-order chi connectivity index (χ0) is 27.8. The van der Waals surface area contributed by atoms with Gasteiger partial charge in [-0.25, -0.2) is 17.7 Å². The number of benzene rings is 2. The van der Waals surface area contributed by atoms with Crippen LogP contribution in [0.1, 0.15) is 49.1 Å². The summed E-state index contributed by atoms with van der Waals surface area (Å²) in [5, 5.41) is 13.7. The molecule has 9 heteroatoms. The molecule has 1 aromatic heterocycles. The number of carbonyl (C=O) groups is 2. The van der Waals surface area contributed by atoms with Gasteiger partial charge in [0.1, 0.15) is 0 Å². The molecule has 1 fully saturated rings. The summed E-state index contributed by atoms with van der Waals surface area (Å²) in [4.78, 5) is 30.9. The predicted molar refractivity (Wildman–Crippen MR) is 141 cm³/mol. The average molecular weight is 534 g/mol. The normalized spacial score (nSPS) is 17.8. The van der Waals surface area contributed by atoms with Gasteiger partial charge in [-0.1, -0.05) is 62.9 Å². The van der Waals surface area contributed by atoms with Crippen LogP contribution in [-0.2, 0) is 31.6 Å². The van der Waals surface area contributed by atoms with Gasteiger partial charge >= 0.3 is 0 Å². The van der Waals surface area contributed by atoms with Crippen molar-refractivity contribution in [1.29, 1.82) is 0 Å². The molecular weight excluding hydrogens is 502 g/mol. The fourth-order valence-corrected chi connectivity index (χ4v) is 5.32. The Bertz CT molecular complexity index is 1490. The highest BCUT2D eigenvalue weighted by Gasteiger charge is 2.44. The zero-order valence-electron chi connectivity index (χ0n) is 22.1.